The smallest absolute Gasteiger partial charge is 0.135 e. The molecule has 1 heterocycles. The number of rotatable bonds is 5. The van der Waals surface area contributed by atoms with Crippen molar-refractivity contribution < 1.29 is 4.74 Å². The van der Waals surface area contributed by atoms with Crippen molar-refractivity contribution in [1.29, 1.82) is 5.26 Å². The Morgan fingerprint density at radius 3 is 2.54 bits per heavy atom. The molecule has 4 rings (SSSR count). The summed E-state index contributed by atoms with van der Waals surface area (Å²) in [6, 6.07) is 25.4. The van der Waals surface area contributed by atoms with Gasteiger partial charge in [0.2, 0.25) is 0 Å². The normalized spacial score (nSPS) is 11.4. The van der Waals surface area contributed by atoms with Crippen LogP contribution in [0.5, 0.6) is 5.75 Å². The van der Waals surface area contributed by atoms with Gasteiger partial charge in [0.1, 0.15) is 23.4 Å². The van der Waals surface area contributed by atoms with Crippen LogP contribution in [0.2, 0.25) is 5.02 Å². The molecule has 0 aliphatic rings. The van der Waals surface area contributed by atoms with E-state index in [0.717, 1.165) is 32.1 Å². The molecule has 0 aliphatic carbocycles. The molecule has 28 heavy (non-hydrogen) atoms. The number of ether oxygens (including phenoxy) is 1. The maximum Gasteiger partial charge on any atom is 0.135 e. The number of thiazole rings is 1. The monoisotopic (exact) mass is 402 g/mol. The van der Waals surface area contributed by atoms with Gasteiger partial charge >= 0.3 is 0 Å². The Balaban J connectivity index is 1.51. The maximum absolute atomic E-state index is 9.57. The van der Waals surface area contributed by atoms with E-state index in [4.69, 9.17) is 16.3 Å². The van der Waals surface area contributed by atoms with Crippen LogP contribution in [0.3, 0.4) is 0 Å². The predicted molar refractivity (Wildman–Crippen MR) is 115 cm³/mol. The molecule has 0 aliphatic heterocycles. The maximum atomic E-state index is 9.57. The number of nitriles is 1. The fraction of sp³-hybridized carbons (Fsp3) is 0.0435. The Bertz CT molecular complexity index is 1160. The molecule has 0 bridgehead atoms. The van der Waals surface area contributed by atoms with Gasteiger partial charge in [0, 0.05) is 10.6 Å². The van der Waals surface area contributed by atoms with Crippen LogP contribution >= 0.6 is 22.9 Å². The molecule has 0 spiro atoms. The number of benzene rings is 3. The van der Waals surface area contributed by atoms with Crippen LogP contribution in [-0.4, -0.2) is 4.98 Å². The minimum absolute atomic E-state index is 0.407. The van der Waals surface area contributed by atoms with Crippen LogP contribution in [-0.2, 0) is 6.61 Å². The molecule has 3 aromatic carbocycles. The van der Waals surface area contributed by atoms with Gasteiger partial charge in [-0.1, -0.05) is 54.1 Å². The number of hydrogen-bond acceptors (Lipinski definition) is 4. The van der Waals surface area contributed by atoms with Gasteiger partial charge in [-0.3, -0.25) is 0 Å². The molecule has 0 saturated carbocycles. The highest BCUT2D eigenvalue weighted by atomic mass is 35.5. The van der Waals surface area contributed by atoms with Crippen molar-refractivity contribution in [1.82, 2.24) is 4.98 Å². The minimum Gasteiger partial charge on any atom is -0.489 e. The Morgan fingerprint density at radius 1 is 1.04 bits per heavy atom. The van der Waals surface area contributed by atoms with Gasteiger partial charge in [-0.25, -0.2) is 4.98 Å². The lowest BCUT2D eigenvalue weighted by Crippen LogP contribution is -1.95. The van der Waals surface area contributed by atoms with Crippen molar-refractivity contribution in [2.45, 2.75) is 6.61 Å². The van der Waals surface area contributed by atoms with Crippen LogP contribution in [0.15, 0.2) is 72.8 Å². The Morgan fingerprint density at radius 2 is 1.79 bits per heavy atom. The predicted octanol–water partition coefficient (Wildman–Crippen LogP) is 6.59. The van der Waals surface area contributed by atoms with Crippen LogP contribution in [0, 0.1) is 11.3 Å². The molecule has 5 heteroatoms. The molecule has 1 aromatic heterocycles. The summed E-state index contributed by atoms with van der Waals surface area (Å²) in [4.78, 5) is 4.56. The minimum atomic E-state index is 0.407. The molecule has 0 fully saturated rings. The van der Waals surface area contributed by atoms with Gasteiger partial charge in [0.15, 0.2) is 0 Å². The number of allylic oxidation sites excluding steroid dienone is 1. The Kier molecular flexibility index (Phi) is 5.38. The summed E-state index contributed by atoms with van der Waals surface area (Å²) >= 11 is 7.67. The zero-order chi connectivity index (χ0) is 19.3. The third-order valence-electron chi connectivity index (χ3n) is 4.19. The highest BCUT2D eigenvalue weighted by molar-refractivity contribution is 7.19. The summed E-state index contributed by atoms with van der Waals surface area (Å²) in [7, 11) is 0. The van der Waals surface area contributed by atoms with Gasteiger partial charge in [-0.15, -0.1) is 11.3 Å². The fourth-order valence-electron chi connectivity index (χ4n) is 2.73. The van der Waals surface area contributed by atoms with Crippen molar-refractivity contribution >= 4 is 44.8 Å². The topological polar surface area (TPSA) is 45.9 Å². The van der Waals surface area contributed by atoms with E-state index in [1.807, 2.05) is 78.9 Å². The molecule has 136 valence electrons. The number of para-hydroxylation sites is 1. The van der Waals surface area contributed by atoms with Gasteiger partial charge < -0.3 is 4.74 Å². The summed E-state index contributed by atoms with van der Waals surface area (Å²) in [5.74, 6) is 0.746. The lowest BCUT2D eigenvalue weighted by molar-refractivity contribution is 0.306. The standard InChI is InChI=1S/C23H15ClN2OS/c24-20-6-2-1-5-17(20)15-27-19-11-9-16(10-12-19)13-18(14-25)23-26-21-7-3-4-8-22(21)28-23/h1-13H,15H2. The van der Waals surface area contributed by atoms with Crippen molar-refractivity contribution in [3.63, 3.8) is 0 Å². The second-order valence-corrected chi connectivity index (χ2v) is 7.54. The summed E-state index contributed by atoms with van der Waals surface area (Å²) in [6.07, 6.45) is 1.84. The van der Waals surface area contributed by atoms with Gasteiger partial charge in [0.05, 0.1) is 15.8 Å². The SMILES string of the molecule is N#CC(=Cc1ccc(OCc2ccccc2Cl)cc1)c1nc2ccccc2s1. The van der Waals surface area contributed by atoms with E-state index in [0.29, 0.717) is 17.2 Å². The van der Waals surface area contributed by atoms with Gasteiger partial charge in [-0.2, -0.15) is 5.26 Å². The summed E-state index contributed by atoms with van der Waals surface area (Å²) in [5.41, 5.74) is 3.31. The first-order valence-electron chi connectivity index (χ1n) is 8.67. The second-order valence-electron chi connectivity index (χ2n) is 6.11. The number of halogens is 1. The first-order valence-corrected chi connectivity index (χ1v) is 9.86. The molecule has 4 aromatic rings. The molecule has 0 amide bonds. The van der Waals surface area contributed by atoms with Crippen molar-refractivity contribution in [2.24, 2.45) is 0 Å². The molecular formula is C23H15ClN2OS. The highest BCUT2D eigenvalue weighted by Crippen LogP contribution is 2.28. The first kappa shape index (κ1) is 18.2. The van der Waals surface area contributed by atoms with E-state index in [9.17, 15) is 5.26 Å². The molecule has 0 unspecified atom stereocenters. The fourth-order valence-corrected chi connectivity index (χ4v) is 3.85. The number of aromatic nitrogens is 1. The number of hydrogen-bond donors (Lipinski definition) is 0. The van der Waals surface area contributed by atoms with Crippen LogP contribution < -0.4 is 4.74 Å². The third kappa shape index (κ3) is 4.07. The average molecular weight is 403 g/mol. The molecule has 0 atom stereocenters. The van der Waals surface area contributed by atoms with Gasteiger partial charge in [0.25, 0.3) is 0 Å². The van der Waals surface area contributed by atoms with Crippen LogP contribution in [0.1, 0.15) is 16.1 Å². The van der Waals surface area contributed by atoms with E-state index in [1.54, 1.807) is 0 Å². The zero-order valence-electron chi connectivity index (χ0n) is 14.8. The van der Waals surface area contributed by atoms with Crippen molar-refractivity contribution in [2.75, 3.05) is 0 Å². The molecule has 0 saturated heterocycles. The largest absolute Gasteiger partial charge is 0.489 e. The zero-order valence-corrected chi connectivity index (χ0v) is 16.4. The summed E-state index contributed by atoms with van der Waals surface area (Å²) in [5, 5.41) is 11.0. The summed E-state index contributed by atoms with van der Waals surface area (Å²) in [6.45, 7) is 0.407. The van der Waals surface area contributed by atoms with E-state index in [-0.39, 0.29) is 0 Å². The summed E-state index contributed by atoms with van der Waals surface area (Å²) < 4.78 is 6.87. The molecule has 0 N–H and O–H groups in total. The number of nitrogens with zero attached hydrogens (tertiary/aromatic N) is 2. The van der Waals surface area contributed by atoms with E-state index in [2.05, 4.69) is 11.1 Å². The van der Waals surface area contributed by atoms with E-state index >= 15 is 0 Å². The lowest BCUT2D eigenvalue weighted by Gasteiger charge is -2.08. The lowest BCUT2D eigenvalue weighted by atomic mass is 10.1. The van der Waals surface area contributed by atoms with Gasteiger partial charge in [-0.05, 0) is 42.0 Å². The van der Waals surface area contributed by atoms with Crippen molar-refractivity contribution in [3.05, 3.63) is 94.0 Å². The van der Waals surface area contributed by atoms with Crippen LogP contribution in [0.25, 0.3) is 21.9 Å². The van der Waals surface area contributed by atoms with E-state index in [1.165, 1.54) is 11.3 Å². The Labute approximate surface area is 172 Å². The van der Waals surface area contributed by atoms with E-state index < -0.39 is 0 Å². The molecule has 3 nitrogen and oxygen atoms in total. The van der Waals surface area contributed by atoms with Crippen LogP contribution in [0.4, 0.5) is 0 Å². The number of fused-ring (bicyclic) bond motifs is 1. The first-order chi connectivity index (χ1) is 13.7. The average Bonchev–Trinajstić information content (AvgIpc) is 3.16. The molecule has 0 radical (unpaired) electrons. The quantitative estimate of drug-likeness (QED) is 0.353. The highest BCUT2D eigenvalue weighted by Gasteiger charge is 2.08. The third-order valence-corrected chi connectivity index (χ3v) is 5.63. The Hall–Kier alpha value is -3.13. The second kappa shape index (κ2) is 8.26. The molecular weight excluding hydrogens is 388 g/mol. The van der Waals surface area contributed by atoms with Crippen molar-refractivity contribution in [3.8, 4) is 11.8 Å².